The molecule has 5 heteroatoms. The van der Waals surface area contributed by atoms with Crippen LogP contribution in [-0.4, -0.2) is 33.1 Å². The van der Waals surface area contributed by atoms with Gasteiger partial charge in [-0.05, 0) is 42.9 Å². The zero-order valence-electron chi connectivity index (χ0n) is 16.1. The summed E-state index contributed by atoms with van der Waals surface area (Å²) in [5, 5.41) is 11.5. The summed E-state index contributed by atoms with van der Waals surface area (Å²) >= 11 is 0. The van der Waals surface area contributed by atoms with Crippen LogP contribution in [0.25, 0.3) is 0 Å². The van der Waals surface area contributed by atoms with Crippen LogP contribution < -0.4 is 0 Å². The summed E-state index contributed by atoms with van der Waals surface area (Å²) in [4.78, 5) is 11.4. The fourth-order valence-corrected chi connectivity index (χ4v) is 4.84. The smallest absolute Gasteiger partial charge is 0.130 e. The van der Waals surface area contributed by atoms with Gasteiger partial charge in [-0.3, -0.25) is 4.90 Å². The van der Waals surface area contributed by atoms with Crippen LogP contribution in [0.5, 0.6) is 0 Å². The summed E-state index contributed by atoms with van der Waals surface area (Å²) in [6, 6.07) is 6.41. The molecule has 2 aromatic rings. The number of hydrogen-bond acceptors (Lipinski definition) is 4. The second kappa shape index (κ2) is 7.28. The minimum absolute atomic E-state index is 0.188. The minimum Gasteiger partial charge on any atom is -0.385 e. The summed E-state index contributed by atoms with van der Waals surface area (Å²) in [7, 11) is 0. The molecule has 1 aromatic heterocycles. The largest absolute Gasteiger partial charge is 0.385 e. The molecule has 0 spiro atoms. The maximum absolute atomic E-state index is 13.3. The normalized spacial score (nSPS) is 28.5. The van der Waals surface area contributed by atoms with E-state index >= 15 is 0 Å². The lowest BCUT2D eigenvalue weighted by Crippen LogP contribution is -2.42. The van der Waals surface area contributed by atoms with Crippen LogP contribution in [-0.2, 0) is 12.1 Å². The van der Waals surface area contributed by atoms with E-state index in [2.05, 4.69) is 28.7 Å². The topological polar surface area (TPSA) is 49.2 Å². The summed E-state index contributed by atoms with van der Waals surface area (Å²) in [5.74, 6) is 1.61. The monoisotopic (exact) mass is 369 g/mol. The van der Waals surface area contributed by atoms with Crippen LogP contribution in [0.1, 0.15) is 56.0 Å². The molecule has 0 amide bonds. The number of aromatic nitrogens is 2. The van der Waals surface area contributed by atoms with Crippen molar-refractivity contribution in [3.63, 3.8) is 0 Å². The molecule has 1 saturated heterocycles. The highest BCUT2D eigenvalue weighted by molar-refractivity contribution is 5.26. The number of likely N-dealkylation sites (tertiary alicyclic amines) is 1. The van der Waals surface area contributed by atoms with Gasteiger partial charge in [-0.2, -0.15) is 0 Å². The van der Waals surface area contributed by atoms with Crippen LogP contribution >= 0.6 is 0 Å². The van der Waals surface area contributed by atoms with E-state index < -0.39 is 5.60 Å². The summed E-state index contributed by atoms with van der Waals surface area (Å²) in [6.07, 6.45) is 6.76. The van der Waals surface area contributed by atoms with Gasteiger partial charge >= 0.3 is 0 Å². The van der Waals surface area contributed by atoms with Gasteiger partial charge in [0, 0.05) is 49.4 Å². The van der Waals surface area contributed by atoms with Crippen LogP contribution in [0, 0.1) is 17.7 Å². The lowest BCUT2D eigenvalue weighted by Gasteiger charge is -2.41. The first-order valence-corrected chi connectivity index (χ1v) is 9.97. The van der Waals surface area contributed by atoms with Crippen molar-refractivity contribution in [2.45, 2.75) is 51.2 Å². The van der Waals surface area contributed by atoms with Crippen LogP contribution in [0.4, 0.5) is 4.39 Å². The predicted octanol–water partition coefficient (Wildman–Crippen LogP) is 3.86. The van der Waals surface area contributed by atoms with Crippen molar-refractivity contribution in [2.75, 3.05) is 13.1 Å². The van der Waals surface area contributed by atoms with E-state index in [-0.39, 0.29) is 11.7 Å². The van der Waals surface area contributed by atoms with Crippen molar-refractivity contribution in [3.8, 4) is 0 Å². The lowest BCUT2D eigenvalue weighted by molar-refractivity contribution is -0.0648. The Balaban J connectivity index is 1.49. The molecule has 27 heavy (non-hydrogen) atoms. The van der Waals surface area contributed by atoms with E-state index in [0.29, 0.717) is 11.8 Å². The fourth-order valence-electron chi connectivity index (χ4n) is 4.84. The van der Waals surface area contributed by atoms with E-state index in [9.17, 15) is 9.50 Å². The van der Waals surface area contributed by atoms with Gasteiger partial charge in [0.1, 0.15) is 11.6 Å². The molecule has 1 aliphatic carbocycles. The zero-order valence-corrected chi connectivity index (χ0v) is 16.1. The first-order valence-electron chi connectivity index (χ1n) is 9.97. The second-order valence-electron chi connectivity index (χ2n) is 8.49. The van der Waals surface area contributed by atoms with E-state index in [1.807, 2.05) is 12.4 Å². The number of nitrogens with zero attached hydrogens (tertiary/aromatic N) is 3. The molecule has 0 bridgehead atoms. The SMILES string of the molecule is CC(C)c1ncc(CN2CC3CCCC(O)(c4ccc(F)cc4)C3C2)cn1. The van der Waals surface area contributed by atoms with Gasteiger partial charge in [0.15, 0.2) is 0 Å². The molecule has 2 fully saturated rings. The third-order valence-electron chi connectivity index (χ3n) is 6.25. The highest BCUT2D eigenvalue weighted by Gasteiger charge is 2.49. The average molecular weight is 369 g/mol. The summed E-state index contributed by atoms with van der Waals surface area (Å²) < 4.78 is 13.3. The summed E-state index contributed by atoms with van der Waals surface area (Å²) in [5.41, 5.74) is 1.11. The van der Waals surface area contributed by atoms with Crippen molar-refractivity contribution in [1.29, 1.82) is 0 Å². The molecule has 4 rings (SSSR count). The van der Waals surface area contributed by atoms with Gasteiger partial charge in [-0.15, -0.1) is 0 Å². The highest BCUT2D eigenvalue weighted by atomic mass is 19.1. The molecule has 3 unspecified atom stereocenters. The van der Waals surface area contributed by atoms with Gasteiger partial charge < -0.3 is 5.11 Å². The molecule has 2 aliphatic rings. The van der Waals surface area contributed by atoms with Gasteiger partial charge in [0.05, 0.1) is 5.60 Å². The van der Waals surface area contributed by atoms with E-state index in [1.165, 1.54) is 12.1 Å². The third kappa shape index (κ3) is 3.63. The molecule has 3 atom stereocenters. The number of aliphatic hydroxyl groups is 1. The maximum atomic E-state index is 13.3. The molecular formula is C22H28FN3O. The zero-order chi connectivity index (χ0) is 19.0. The first kappa shape index (κ1) is 18.5. The Kier molecular flexibility index (Phi) is 4.99. The molecule has 0 radical (unpaired) electrons. The van der Waals surface area contributed by atoms with Gasteiger partial charge in [0.2, 0.25) is 0 Å². The number of fused-ring (bicyclic) bond motifs is 1. The Bertz CT molecular complexity index is 777. The lowest BCUT2D eigenvalue weighted by atomic mass is 9.67. The first-order chi connectivity index (χ1) is 13.0. The predicted molar refractivity (Wildman–Crippen MR) is 103 cm³/mol. The Labute approximate surface area is 160 Å². The number of halogens is 1. The number of benzene rings is 1. The molecule has 4 nitrogen and oxygen atoms in total. The van der Waals surface area contributed by atoms with E-state index in [4.69, 9.17) is 0 Å². The van der Waals surface area contributed by atoms with Gasteiger partial charge in [0.25, 0.3) is 0 Å². The van der Waals surface area contributed by atoms with Crippen molar-refractivity contribution in [3.05, 3.63) is 59.4 Å². The van der Waals surface area contributed by atoms with E-state index in [0.717, 1.165) is 55.8 Å². The van der Waals surface area contributed by atoms with Crippen molar-refractivity contribution in [2.24, 2.45) is 11.8 Å². The highest BCUT2D eigenvalue weighted by Crippen LogP contribution is 2.48. The Hall–Kier alpha value is -1.85. The third-order valence-corrected chi connectivity index (χ3v) is 6.25. The quantitative estimate of drug-likeness (QED) is 0.889. The van der Waals surface area contributed by atoms with Crippen molar-refractivity contribution < 1.29 is 9.50 Å². The van der Waals surface area contributed by atoms with Crippen molar-refractivity contribution in [1.82, 2.24) is 14.9 Å². The van der Waals surface area contributed by atoms with Crippen LogP contribution in [0.3, 0.4) is 0 Å². The molecular weight excluding hydrogens is 341 g/mol. The number of hydrogen-bond donors (Lipinski definition) is 1. The molecule has 2 heterocycles. The second-order valence-corrected chi connectivity index (χ2v) is 8.49. The van der Waals surface area contributed by atoms with Gasteiger partial charge in [-0.25, -0.2) is 14.4 Å². The molecule has 1 N–H and O–H groups in total. The van der Waals surface area contributed by atoms with Crippen molar-refractivity contribution >= 4 is 0 Å². The summed E-state index contributed by atoms with van der Waals surface area (Å²) in [6.45, 7) is 6.84. The minimum atomic E-state index is -0.858. The van der Waals surface area contributed by atoms with Crippen LogP contribution in [0.2, 0.25) is 0 Å². The standard InChI is InChI=1S/C22H28FN3O/c1-15(2)21-24-10-16(11-25-21)12-26-13-17-4-3-9-22(27,20(17)14-26)18-5-7-19(23)8-6-18/h5-8,10-11,15,17,20,27H,3-4,9,12-14H2,1-2H3. The average Bonchev–Trinajstić information content (AvgIpc) is 3.07. The van der Waals surface area contributed by atoms with Crippen LogP contribution in [0.15, 0.2) is 36.7 Å². The van der Waals surface area contributed by atoms with E-state index in [1.54, 1.807) is 12.1 Å². The fraction of sp³-hybridized carbons (Fsp3) is 0.545. The Morgan fingerprint density at radius 1 is 1.19 bits per heavy atom. The molecule has 1 aromatic carbocycles. The maximum Gasteiger partial charge on any atom is 0.130 e. The Morgan fingerprint density at radius 2 is 1.89 bits per heavy atom. The molecule has 144 valence electrons. The number of rotatable bonds is 4. The molecule has 1 saturated carbocycles. The molecule has 1 aliphatic heterocycles. The Morgan fingerprint density at radius 3 is 2.56 bits per heavy atom. The van der Waals surface area contributed by atoms with Gasteiger partial charge in [-0.1, -0.05) is 26.0 Å².